The van der Waals surface area contributed by atoms with Crippen LogP contribution in [-0.4, -0.2) is 42.5 Å². The first-order chi connectivity index (χ1) is 13.1. The van der Waals surface area contributed by atoms with Crippen molar-refractivity contribution in [1.82, 2.24) is 4.90 Å². The van der Waals surface area contributed by atoms with E-state index in [1.165, 1.54) is 0 Å². The van der Waals surface area contributed by atoms with Gasteiger partial charge in [-0.3, -0.25) is 0 Å². The Balaban J connectivity index is 1.78. The van der Waals surface area contributed by atoms with Gasteiger partial charge < -0.3 is 29.5 Å². The molecule has 0 fully saturated rings. The zero-order valence-corrected chi connectivity index (χ0v) is 16.5. The summed E-state index contributed by atoms with van der Waals surface area (Å²) in [6.45, 7) is 3.47. The Morgan fingerprint density at radius 2 is 1.81 bits per heavy atom. The minimum absolute atomic E-state index is 0.374. The first kappa shape index (κ1) is 19.3. The number of aliphatic hydroxyl groups is 1. The van der Waals surface area contributed by atoms with Crippen molar-refractivity contribution >= 4 is 23.0 Å². The monoisotopic (exact) mass is 388 g/mol. The third kappa shape index (κ3) is 4.09. The van der Waals surface area contributed by atoms with E-state index in [1.54, 1.807) is 14.2 Å². The van der Waals surface area contributed by atoms with Crippen LogP contribution in [0.1, 0.15) is 24.2 Å². The molecule has 0 saturated heterocycles. The quantitative estimate of drug-likeness (QED) is 0.762. The Labute approximate surface area is 164 Å². The molecule has 1 aliphatic heterocycles. The molecule has 0 amide bonds. The van der Waals surface area contributed by atoms with Gasteiger partial charge in [-0.25, -0.2) is 0 Å². The SMILES string of the molecule is CCOc1ccc(NC(=S)N2Cc3c(OC)ccc(OC)c3[C@@H](O)C2)cc1. The number of anilines is 1. The lowest BCUT2D eigenvalue weighted by Gasteiger charge is -2.35. The molecule has 2 N–H and O–H groups in total. The van der Waals surface area contributed by atoms with Gasteiger partial charge in [0.25, 0.3) is 0 Å². The van der Waals surface area contributed by atoms with Gasteiger partial charge in [0.05, 0.1) is 27.4 Å². The van der Waals surface area contributed by atoms with Crippen LogP contribution < -0.4 is 19.5 Å². The number of fused-ring (bicyclic) bond motifs is 1. The maximum Gasteiger partial charge on any atom is 0.173 e. The highest BCUT2D eigenvalue weighted by Crippen LogP contribution is 2.39. The van der Waals surface area contributed by atoms with Crippen molar-refractivity contribution in [2.45, 2.75) is 19.6 Å². The number of thiocarbonyl (C=S) groups is 1. The molecule has 144 valence electrons. The third-order valence-electron chi connectivity index (χ3n) is 4.49. The molecule has 1 heterocycles. The molecule has 2 aromatic rings. The number of hydrogen-bond donors (Lipinski definition) is 2. The molecule has 6 nitrogen and oxygen atoms in total. The molecule has 1 atom stereocenters. The van der Waals surface area contributed by atoms with Crippen molar-refractivity contribution in [1.29, 1.82) is 0 Å². The summed E-state index contributed by atoms with van der Waals surface area (Å²) in [6, 6.07) is 11.3. The molecule has 0 aromatic heterocycles. The molecule has 7 heteroatoms. The van der Waals surface area contributed by atoms with E-state index in [2.05, 4.69) is 5.32 Å². The molecular weight excluding hydrogens is 364 g/mol. The van der Waals surface area contributed by atoms with E-state index >= 15 is 0 Å². The lowest BCUT2D eigenvalue weighted by Crippen LogP contribution is -2.41. The van der Waals surface area contributed by atoms with Crippen LogP contribution in [0.5, 0.6) is 17.2 Å². The van der Waals surface area contributed by atoms with Gasteiger partial charge in [0.2, 0.25) is 0 Å². The Kier molecular flexibility index (Phi) is 6.03. The summed E-state index contributed by atoms with van der Waals surface area (Å²) in [7, 11) is 3.21. The van der Waals surface area contributed by atoms with Crippen LogP contribution in [0.2, 0.25) is 0 Å². The average Bonchev–Trinajstić information content (AvgIpc) is 2.68. The highest BCUT2D eigenvalue weighted by atomic mass is 32.1. The number of aliphatic hydroxyl groups excluding tert-OH is 1. The summed E-state index contributed by atoms with van der Waals surface area (Å²) in [5.74, 6) is 2.18. The molecule has 0 unspecified atom stereocenters. The van der Waals surface area contributed by atoms with E-state index in [4.69, 9.17) is 26.4 Å². The summed E-state index contributed by atoms with van der Waals surface area (Å²) < 4.78 is 16.3. The van der Waals surface area contributed by atoms with Gasteiger partial charge in [0, 0.05) is 23.4 Å². The molecule has 3 rings (SSSR count). The van der Waals surface area contributed by atoms with Gasteiger partial charge in [0.15, 0.2) is 5.11 Å². The lowest BCUT2D eigenvalue weighted by molar-refractivity contribution is 0.123. The van der Waals surface area contributed by atoms with Gasteiger partial charge in [-0.05, 0) is 55.5 Å². The largest absolute Gasteiger partial charge is 0.496 e. The minimum atomic E-state index is -0.723. The number of nitrogens with zero attached hydrogens (tertiary/aromatic N) is 1. The van der Waals surface area contributed by atoms with Crippen molar-refractivity contribution < 1.29 is 19.3 Å². The molecule has 1 aliphatic rings. The summed E-state index contributed by atoms with van der Waals surface area (Å²) in [5.41, 5.74) is 2.50. The number of methoxy groups -OCH3 is 2. The smallest absolute Gasteiger partial charge is 0.173 e. The number of rotatable bonds is 5. The van der Waals surface area contributed by atoms with Crippen molar-refractivity contribution in [3.8, 4) is 17.2 Å². The predicted molar refractivity (Wildman–Crippen MR) is 109 cm³/mol. The molecule has 0 radical (unpaired) electrons. The Bertz CT molecular complexity index is 810. The fourth-order valence-corrected chi connectivity index (χ4v) is 3.49. The fraction of sp³-hybridized carbons (Fsp3) is 0.350. The van der Waals surface area contributed by atoms with Crippen LogP contribution in [0.25, 0.3) is 0 Å². The molecule has 0 bridgehead atoms. The standard InChI is InChI=1S/C20H24N2O4S/c1-4-26-14-7-5-13(6-8-14)21-20(27)22-11-15-17(24-2)9-10-18(25-3)19(15)16(23)12-22/h5-10,16,23H,4,11-12H2,1-3H3,(H,21,27)/t16-/m0/s1. The second-order valence-corrected chi connectivity index (χ2v) is 6.53. The maximum absolute atomic E-state index is 10.7. The number of β-amino-alcohol motifs (C(OH)–C–C–N with tert-alkyl or cyclic N) is 1. The predicted octanol–water partition coefficient (Wildman–Crippen LogP) is 3.35. The highest BCUT2D eigenvalue weighted by molar-refractivity contribution is 7.80. The highest BCUT2D eigenvalue weighted by Gasteiger charge is 2.30. The number of ether oxygens (including phenoxy) is 3. The second kappa shape index (κ2) is 8.45. The number of benzene rings is 2. The average molecular weight is 388 g/mol. The van der Waals surface area contributed by atoms with Crippen LogP contribution in [0.3, 0.4) is 0 Å². The van der Waals surface area contributed by atoms with E-state index in [9.17, 15) is 5.11 Å². The van der Waals surface area contributed by atoms with Gasteiger partial charge in [-0.2, -0.15) is 0 Å². The Hall–Kier alpha value is -2.51. The number of nitrogens with one attached hydrogen (secondary N) is 1. The summed E-state index contributed by atoms with van der Waals surface area (Å²) >= 11 is 5.56. The van der Waals surface area contributed by atoms with Crippen LogP contribution >= 0.6 is 12.2 Å². The molecule has 0 aliphatic carbocycles. The first-order valence-corrected chi connectivity index (χ1v) is 9.18. The van der Waals surface area contributed by atoms with Crippen molar-refractivity contribution in [3.63, 3.8) is 0 Å². The van der Waals surface area contributed by atoms with Crippen LogP contribution in [0.4, 0.5) is 5.69 Å². The lowest BCUT2D eigenvalue weighted by atomic mass is 9.95. The summed E-state index contributed by atoms with van der Waals surface area (Å²) in [6.07, 6.45) is -0.723. The summed E-state index contributed by atoms with van der Waals surface area (Å²) in [4.78, 5) is 1.92. The zero-order valence-electron chi connectivity index (χ0n) is 15.7. The van der Waals surface area contributed by atoms with E-state index < -0.39 is 6.10 Å². The van der Waals surface area contributed by atoms with Gasteiger partial charge in [-0.1, -0.05) is 0 Å². The molecule has 2 aromatic carbocycles. The molecule has 0 saturated carbocycles. The van der Waals surface area contributed by atoms with Gasteiger partial charge >= 0.3 is 0 Å². The summed E-state index contributed by atoms with van der Waals surface area (Å²) in [5, 5.41) is 14.4. The van der Waals surface area contributed by atoms with Gasteiger partial charge in [0.1, 0.15) is 23.4 Å². The minimum Gasteiger partial charge on any atom is -0.496 e. The second-order valence-electron chi connectivity index (χ2n) is 6.15. The Morgan fingerprint density at radius 1 is 1.15 bits per heavy atom. The zero-order chi connectivity index (χ0) is 19.4. The van der Waals surface area contributed by atoms with E-state index in [0.717, 1.165) is 22.6 Å². The normalized spacial score (nSPS) is 15.7. The number of hydrogen-bond acceptors (Lipinski definition) is 5. The molecule has 0 spiro atoms. The third-order valence-corrected chi connectivity index (χ3v) is 4.85. The van der Waals surface area contributed by atoms with Crippen molar-refractivity contribution in [3.05, 3.63) is 47.5 Å². The fourth-order valence-electron chi connectivity index (χ4n) is 3.23. The van der Waals surface area contributed by atoms with Crippen LogP contribution in [0.15, 0.2) is 36.4 Å². The van der Waals surface area contributed by atoms with Gasteiger partial charge in [-0.15, -0.1) is 0 Å². The van der Waals surface area contributed by atoms with E-state index in [-0.39, 0.29) is 0 Å². The van der Waals surface area contributed by atoms with Crippen molar-refractivity contribution in [2.75, 3.05) is 32.7 Å². The van der Waals surface area contributed by atoms with E-state index in [1.807, 2.05) is 48.2 Å². The molecular formula is C20H24N2O4S. The van der Waals surface area contributed by atoms with E-state index in [0.29, 0.717) is 36.3 Å². The molecule has 27 heavy (non-hydrogen) atoms. The Morgan fingerprint density at radius 3 is 2.44 bits per heavy atom. The maximum atomic E-state index is 10.7. The van der Waals surface area contributed by atoms with Crippen LogP contribution in [0, 0.1) is 0 Å². The van der Waals surface area contributed by atoms with Crippen LogP contribution in [-0.2, 0) is 6.54 Å². The first-order valence-electron chi connectivity index (χ1n) is 8.78. The topological polar surface area (TPSA) is 63.2 Å². The van der Waals surface area contributed by atoms with Crippen molar-refractivity contribution in [2.24, 2.45) is 0 Å².